The monoisotopic (exact) mass is 515 g/mol. The zero-order valence-electron chi connectivity index (χ0n) is 19.9. The van der Waals surface area contributed by atoms with Crippen LogP contribution in [0.3, 0.4) is 0 Å². The largest absolute Gasteiger partial charge is 0.351 e. The van der Waals surface area contributed by atoms with Crippen LogP contribution in [0.2, 0.25) is 5.02 Å². The fraction of sp³-hybridized carbons (Fsp3) is 0.179. The summed E-state index contributed by atoms with van der Waals surface area (Å²) in [6, 6.07) is 25.4. The average Bonchev–Trinajstić information content (AvgIpc) is 3.50. The number of nitrogens with one attached hydrogen (secondary N) is 2. The number of halogens is 1. The highest BCUT2D eigenvalue weighted by Gasteiger charge is 2.42. The third-order valence-electron chi connectivity index (χ3n) is 6.23. The SMILES string of the molecule is CC(C)C(=O)Nc1ccc(N2C(=S)N[C@@H](c3ccccn3)[C@H]2c2cccn2-c2ccccc2)cc1Cl. The summed E-state index contributed by atoms with van der Waals surface area (Å²) < 4.78 is 2.17. The van der Waals surface area contributed by atoms with E-state index in [0.29, 0.717) is 15.8 Å². The molecule has 5 rings (SSSR count). The van der Waals surface area contributed by atoms with Crippen LogP contribution in [0.1, 0.15) is 37.3 Å². The molecule has 0 bridgehead atoms. The molecule has 0 saturated carbocycles. The van der Waals surface area contributed by atoms with Crippen molar-refractivity contribution in [2.45, 2.75) is 25.9 Å². The second-order valence-corrected chi connectivity index (χ2v) is 9.74. The molecule has 2 aromatic carbocycles. The zero-order chi connectivity index (χ0) is 25.2. The summed E-state index contributed by atoms with van der Waals surface area (Å²) >= 11 is 12.5. The minimum absolute atomic E-state index is 0.0863. The number of carbonyl (C=O) groups excluding carboxylic acids is 1. The minimum atomic E-state index is -0.199. The van der Waals surface area contributed by atoms with Crippen molar-refractivity contribution in [1.82, 2.24) is 14.9 Å². The highest BCUT2D eigenvalue weighted by Crippen LogP contribution is 2.43. The van der Waals surface area contributed by atoms with E-state index in [-0.39, 0.29) is 23.9 Å². The van der Waals surface area contributed by atoms with Gasteiger partial charge in [0.05, 0.1) is 22.4 Å². The minimum Gasteiger partial charge on any atom is -0.351 e. The number of carbonyl (C=O) groups is 1. The lowest BCUT2D eigenvalue weighted by Crippen LogP contribution is -2.30. The number of aromatic nitrogens is 2. The molecule has 36 heavy (non-hydrogen) atoms. The molecule has 2 aromatic heterocycles. The number of rotatable bonds is 6. The van der Waals surface area contributed by atoms with E-state index in [2.05, 4.69) is 49.5 Å². The molecule has 1 saturated heterocycles. The molecule has 3 heterocycles. The molecule has 1 fully saturated rings. The molecule has 0 unspecified atom stereocenters. The number of thiocarbonyl (C=S) groups is 1. The lowest BCUT2D eigenvalue weighted by molar-refractivity contribution is -0.118. The van der Waals surface area contributed by atoms with Crippen molar-refractivity contribution in [1.29, 1.82) is 0 Å². The predicted octanol–water partition coefficient (Wildman–Crippen LogP) is 6.30. The van der Waals surface area contributed by atoms with Crippen LogP contribution in [0.5, 0.6) is 0 Å². The molecular weight excluding hydrogens is 490 g/mol. The molecule has 182 valence electrons. The van der Waals surface area contributed by atoms with E-state index in [0.717, 1.165) is 22.8 Å². The van der Waals surface area contributed by atoms with Gasteiger partial charge in [-0.15, -0.1) is 0 Å². The second kappa shape index (κ2) is 10.1. The number of hydrogen-bond acceptors (Lipinski definition) is 3. The Morgan fingerprint density at radius 1 is 1.03 bits per heavy atom. The van der Waals surface area contributed by atoms with Gasteiger partial charge in [0.2, 0.25) is 5.91 Å². The van der Waals surface area contributed by atoms with Gasteiger partial charge in [0.25, 0.3) is 0 Å². The van der Waals surface area contributed by atoms with Crippen LogP contribution in [0.25, 0.3) is 5.69 Å². The van der Waals surface area contributed by atoms with Crippen LogP contribution in [0.4, 0.5) is 11.4 Å². The maximum absolute atomic E-state index is 12.2. The lowest BCUT2D eigenvalue weighted by atomic mass is 10.0. The Morgan fingerprint density at radius 2 is 1.81 bits per heavy atom. The smallest absolute Gasteiger partial charge is 0.226 e. The van der Waals surface area contributed by atoms with Crippen LogP contribution in [-0.2, 0) is 4.79 Å². The summed E-state index contributed by atoms with van der Waals surface area (Å²) in [5, 5.41) is 7.40. The molecule has 1 amide bonds. The van der Waals surface area contributed by atoms with Crippen LogP contribution in [0.15, 0.2) is 91.3 Å². The van der Waals surface area contributed by atoms with E-state index >= 15 is 0 Å². The number of pyridine rings is 1. The van der Waals surface area contributed by atoms with Crippen LogP contribution >= 0.6 is 23.8 Å². The molecule has 1 aliphatic heterocycles. The standard InChI is InChI=1S/C28H26ClN5OS/c1-18(2)27(35)31-22-14-13-20(17-21(22)29)34-26(25(32-28(34)36)23-11-6-7-15-30-23)24-12-8-16-33(24)19-9-4-3-5-10-19/h3-18,25-26H,1-2H3,(H,31,35)(H,32,36)/t25-,26+/m0/s1. The molecule has 2 atom stereocenters. The topological polar surface area (TPSA) is 62.2 Å². The van der Waals surface area contributed by atoms with E-state index in [9.17, 15) is 4.79 Å². The molecule has 2 N–H and O–H groups in total. The van der Waals surface area contributed by atoms with E-state index in [1.165, 1.54) is 0 Å². The average molecular weight is 516 g/mol. The van der Waals surface area contributed by atoms with Crippen molar-refractivity contribution in [3.63, 3.8) is 0 Å². The van der Waals surface area contributed by atoms with Gasteiger partial charge in [-0.2, -0.15) is 0 Å². The van der Waals surface area contributed by atoms with Gasteiger partial charge < -0.3 is 20.1 Å². The van der Waals surface area contributed by atoms with E-state index in [1.54, 1.807) is 6.20 Å². The Bertz CT molecular complexity index is 1390. The fourth-order valence-electron chi connectivity index (χ4n) is 4.42. The van der Waals surface area contributed by atoms with E-state index in [1.807, 2.05) is 74.5 Å². The van der Waals surface area contributed by atoms with Gasteiger partial charge in [0.15, 0.2) is 5.11 Å². The molecule has 0 spiro atoms. The molecule has 1 aliphatic rings. The quantitative estimate of drug-likeness (QED) is 0.295. The van der Waals surface area contributed by atoms with Crippen LogP contribution in [-0.4, -0.2) is 20.6 Å². The Labute approximate surface area is 220 Å². The second-order valence-electron chi connectivity index (χ2n) is 8.94. The van der Waals surface area contributed by atoms with Crippen molar-refractivity contribution in [3.8, 4) is 5.69 Å². The number of para-hydroxylation sites is 1. The number of benzene rings is 2. The molecule has 6 nitrogen and oxygen atoms in total. The van der Waals surface area contributed by atoms with Gasteiger partial charge >= 0.3 is 0 Å². The van der Waals surface area contributed by atoms with Crippen molar-refractivity contribution in [2.24, 2.45) is 5.92 Å². The fourth-order valence-corrected chi connectivity index (χ4v) is 4.99. The molecule has 0 radical (unpaired) electrons. The lowest BCUT2D eigenvalue weighted by Gasteiger charge is -2.29. The zero-order valence-corrected chi connectivity index (χ0v) is 21.5. The van der Waals surface area contributed by atoms with Crippen molar-refractivity contribution < 1.29 is 4.79 Å². The third kappa shape index (κ3) is 4.59. The van der Waals surface area contributed by atoms with Crippen LogP contribution in [0, 0.1) is 5.92 Å². The van der Waals surface area contributed by atoms with Gasteiger partial charge in [-0.3, -0.25) is 9.78 Å². The Hall–Kier alpha value is -3.68. The Morgan fingerprint density at radius 3 is 2.50 bits per heavy atom. The first-order valence-electron chi connectivity index (χ1n) is 11.8. The Balaban J connectivity index is 1.59. The first-order chi connectivity index (χ1) is 17.4. The predicted molar refractivity (Wildman–Crippen MR) is 149 cm³/mol. The summed E-state index contributed by atoms with van der Waals surface area (Å²) in [6.07, 6.45) is 3.84. The Kier molecular flexibility index (Phi) is 6.76. The number of amides is 1. The first kappa shape index (κ1) is 24.0. The third-order valence-corrected chi connectivity index (χ3v) is 6.86. The summed E-state index contributed by atoms with van der Waals surface area (Å²) in [5.41, 5.74) is 4.39. The van der Waals surface area contributed by atoms with Gasteiger partial charge in [-0.1, -0.05) is 49.7 Å². The van der Waals surface area contributed by atoms with Gasteiger partial charge in [-0.25, -0.2) is 0 Å². The number of nitrogens with zero attached hydrogens (tertiary/aromatic N) is 3. The summed E-state index contributed by atoms with van der Waals surface area (Å²) in [7, 11) is 0. The maximum atomic E-state index is 12.2. The van der Waals surface area contributed by atoms with Gasteiger partial charge in [0, 0.05) is 35.4 Å². The van der Waals surface area contributed by atoms with E-state index < -0.39 is 0 Å². The van der Waals surface area contributed by atoms with Crippen molar-refractivity contribution >= 4 is 46.2 Å². The highest BCUT2D eigenvalue weighted by molar-refractivity contribution is 7.80. The first-order valence-corrected chi connectivity index (χ1v) is 12.6. The van der Waals surface area contributed by atoms with Crippen molar-refractivity contribution in [2.75, 3.05) is 10.2 Å². The molecular formula is C28H26ClN5OS. The van der Waals surface area contributed by atoms with Gasteiger partial charge in [-0.05, 0) is 66.8 Å². The molecule has 0 aliphatic carbocycles. The number of hydrogen-bond donors (Lipinski definition) is 2. The summed E-state index contributed by atoms with van der Waals surface area (Å²) in [4.78, 5) is 18.9. The van der Waals surface area contributed by atoms with Crippen LogP contribution < -0.4 is 15.5 Å². The maximum Gasteiger partial charge on any atom is 0.226 e. The van der Waals surface area contributed by atoms with E-state index in [4.69, 9.17) is 23.8 Å². The van der Waals surface area contributed by atoms with Crippen molar-refractivity contribution in [3.05, 3.63) is 108 Å². The molecule has 4 aromatic rings. The number of anilines is 2. The summed E-state index contributed by atoms with van der Waals surface area (Å²) in [6.45, 7) is 3.69. The highest BCUT2D eigenvalue weighted by atomic mass is 35.5. The van der Waals surface area contributed by atoms with Gasteiger partial charge in [0.1, 0.15) is 6.04 Å². The molecule has 8 heteroatoms. The normalized spacial score (nSPS) is 17.3. The summed E-state index contributed by atoms with van der Waals surface area (Å²) in [5.74, 6) is -0.234.